The van der Waals surface area contributed by atoms with E-state index in [9.17, 15) is 4.39 Å². The summed E-state index contributed by atoms with van der Waals surface area (Å²) in [6, 6.07) is 6.75. The fourth-order valence-corrected chi connectivity index (χ4v) is 2.48. The highest BCUT2D eigenvalue weighted by Crippen LogP contribution is 2.25. The molecular formula is C15H17BrFN3. The standard InChI is InChI=1S/C15H17BrFN3/c1-2-20-15(7-10-9-19-6-5-14(10)18)12-4-3-11(16)8-13(12)17/h3-6,8-9,15,20H,2,7H2,1H3,(H2,18,19). The Morgan fingerprint density at radius 3 is 2.85 bits per heavy atom. The van der Waals surface area contributed by atoms with Crippen molar-refractivity contribution < 1.29 is 4.39 Å². The lowest BCUT2D eigenvalue weighted by Gasteiger charge is -2.20. The minimum absolute atomic E-state index is 0.125. The van der Waals surface area contributed by atoms with Gasteiger partial charge in [-0.1, -0.05) is 28.9 Å². The predicted molar refractivity (Wildman–Crippen MR) is 82.9 cm³/mol. The number of nitrogen functional groups attached to an aromatic ring is 1. The van der Waals surface area contributed by atoms with Crippen LogP contribution in [0.25, 0.3) is 0 Å². The minimum Gasteiger partial charge on any atom is -0.398 e. The van der Waals surface area contributed by atoms with Gasteiger partial charge in [0.05, 0.1) is 0 Å². The van der Waals surface area contributed by atoms with Crippen molar-refractivity contribution in [3.63, 3.8) is 0 Å². The van der Waals surface area contributed by atoms with Crippen molar-refractivity contribution in [2.75, 3.05) is 12.3 Å². The number of rotatable bonds is 5. The van der Waals surface area contributed by atoms with Gasteiger partial charge in [-0.3, -0.25) is 4.98 Å². The third-order valence-electron chi connectivity index (χ3n) is 3.15. The number of nitrogens with zero attached hydrogens (tertiary/aromatic N) is 1. The van der Waals surface area contributed by atoms with Crippen molar-refractivity contribution in [2.45, 2.75) is 19.4 Å². The number of aromatic nitrogens is 1. The fraction of sp³-hybridized carbons (Fsp3) is 0.267. The molecule has 5 heteroatoms. The zero-order valence-corrected chi connectivity index (χ0v) is 12.8. The van der Waals surface area contributed by atoms with Gasteiger partial charge in [0.15, 0.2) is 0 Å². The summed E-state index contributed by atoms with van der Waals surface area (Å²) in [5, 5.41) is 3.30. The molecule has 0 radical (unpaired) electrons. The first-order chi connectivity index (χ1) is 9.61. The summed E-state index contributed by atoms with van der Waals surface area (Å²) in [7, 11) is 0. The molecule has 2 aromatic rings. The third-order valence-corrected chi connectivity index (χ3v) is 3.65. The highest BCUT2D eigenvalue weighted by molar-refractivity contribution is 9.10. The lowest BCUT2D eigenvalue weighted by molar-refractivity contribution is 0.509. The maximum absolute atomic E-state index is 14.1. The van der Waals surface area contributed by atoms with Gasteiger partial charge in [0.2, 0.25) is 0 Å². The predicted octanol–water partition coefficient (Wildman–Crippen LogP) is 3.46. The van der Waals surface area contributed by atoms with Crippen LogP contribution in [0.1, 0.15) is 24.1 Å². The van der Waals surface area contributed by atoms with Crippen LogP contribution < -0.4 is 11.1 Å². The second kappa shape index (κ2) is 6.81. The molecule has 3 nitrogen and oxygen atoms in total. The third kappa shape index (κ3) is 3.55. The number of nitrogens with one attached hydrogen (secondary N) is 1. The van der Waals surface area contributed by atoms with Gasteiger partial charge in [-0.05, 0) is 36.7 Å². The van der Waals surface area contributed by atoms with Gasteiger partial charge in [0.1, 0.15) is 5.82 Å². The molecule has 20 heavy (non-hydrogen) atoms. The lowest BCUT2D eigenvalue weighted by Crippen LogP contribution is -2.24. The zero-order valence-electron chi connectivity index (χ0n) is 11.2. The van der Waals surface area contributed by atoms with Crippen molar-refractivity contribution in [3.8, 4) is 0 Å². The second-order valence-electron chi connectivity index (χ2n) is 4.55. The number of hydrogen-bond acceptors (Lipinski definition) is 3. The molecular weight excluding hydrogens is 321 g/mol. The Balaban J connectivity index is 2.29. The quantitative estimate of drug-likeness (QED) is 0.878. The molecule has 106 valence electrons. The molecule has 0 aliphatic rings. The Morgan fingerprint density at radius 2 is 2.20 bits per heavy atom. The van der Waals surface area contributed by atoms with E-state index in [-0.39, 0.29) is 11.9 Å². The van der Waals surface area contributed by atoms with Crippen LogP contribution in [0.15, 0.2) is 41.1 Å². The van der Waals surface area contributed by atoms with Gasteiger partial charge in [0.25, 0.3) is 0 Å². The molecule has 1 unspecified atom stereocenters. The summed E-state index contributed by atoms with van der Waals surface area (Å²) in [4.78, 5) is 4.08. The van der Waals surface area contributed by atoms with E-state index in [1.807, 2.05) is 13.0 Å². The van der Waals surface area contributed by atoms with Crippen molar-refractivity contribution in [3.05, 3.63) is 58.1 Å². The summed E-state index contributed by atoms with van der Waals surface area (Å²) in [6.45, 7) is 2.75. The molecule has 1 atom stereocenters. The summed E-state index contributed by atoms with van der Waals surface area (Å²) in [5.74, 6) is -0.229. The topological polar surface area (TPSA) is 50.9 Å². The Bertz CT molecular complexity index is 589. The van der Waals surface area contributed by atoms with E-state index in [1.54, 1.807) is 24.5 Å². The van der Waals surface area contributed by atoms with Crippen molar-refractivity contribution in [2.24, 2.45) is 0 Å². The fourth-order valence-electron chi connectivity index (χ4n) is 2.15. The maximum Gasteiger partial charge on any atom is 0.129 e. The molecule has 1 aromatic heterocycles. The molecule has 3 N–H and O–H groups in total. The van der Waals surface area contributed by atoms with Crippen LogP contribution in [-0.2, 0) is 6.42 Å². The monoisotopic (exact) mass is 337 g/mol. The lowest BCUT2D eigenvalue weighted by atomic mass is 9.98. The molecule has 0 amide bonds. The molecule has 0 fully saturated rings. The Kier molecular flexibility index (Phi) is 5.09. The number of likely N-dealkylation sites (N-methyl/N-ethyl adjacent to an activating group) is 1. The van der Waals surface area contributed by atoms with E-state index in [2.05, 4.69) is 26.2 Å². The maximum atomic E-state index is 14.1. The molecule has 0 aliphatic carbocycles. The molecule has 1 heterocycles. The number of nitrogens with two attached hydrogens (primary N) is 1. The molecule has 0 saturated carbocycles. The van der Waals surface area contributed by atoms with Crippen LogP contribution in [0, 0.1) is 5.82 Å². The van der Waals surface area contributed by atoms with Gasteiger partial charge < -0.3 is 11.1 Å². The van der Waals surface area contributed by atoms with Crippen molar-refractivity contribution >= 4 is 21.6 Å². The largest absolute Gasteiger partial charge is 0.398 e. The number of hydrogen-bond donors (Lipinski definition) is 2. The first-order valence-corrected chi connectivity index (χ1v) is 7.27. The van der Waals surface area contributed by atoms with Gasteiger partial charge in [-0.2, -0.15) is 0 Å². The van der Waals surface area contributed by atoms with E-state index in [1.165, 1.54) is 6.07 Å². The number of anilines is 1. The summed E-state index contributed by atoms with van der Waals surface area (Å²) in [6.07, 6.45) is 3.99. The molecule has 0 aliphatic heterocycles. The van der Waals surface area contributed by atoms with Crippen molar-refractivity contribution in [1.82, 2.24) is 10.3 Å². The summed E-state index contributed by atoms with van der Waals surface area (Å²) >= 11 is 3.27. The SMILES string of the molecule is CCNC(Cc1cnccc1N)c1ccc(Br)cc1F. The van der Waals surface area contributed by atoms with E-state index >= 15 is 0 Å². The zero-order chi connectivity index (χ0) is 14.5. The number of pyridine rings is 1. The molecule has 2 rings (SSSR count). The van der Waals surface area contributed by atoms with E-state index < -0.39 is 0 Å². The Hall–Kier alpha value is -1.46. The van der Waals surface area contributed by atoms with Gasteiger partial charge in [0, 0.05) is 34.2 Å². The van der Waals surface area contributed by atoms with Crippen LogP contribution in [-0.4, -0.2) is 11.5 Å². The first-order valence-electron chi connectivity index (χ1n) is 6.48. The second-order valence-corrected chi connectivity index (χ2v) is 5.47. The molecule has 0 saturated heterocycles. The van der Waals surface area contributed by atoms with Crippen LogP contribution in [0.4, 0.5) is 10.1 Å². The number of benzene rings is 1. The Morgan fingerprint density at radius 1 is 1.40 bits per heavy atom. The summed E-state index contributed by atoms with van der Waals surface area (Å²) in [5.41, 5.74) is 8.17. The van der Waals surface area contributed by atoms with E-state index in [0.717, 1.165) is 16.6 Å². The first kappa shape index (κ1) is 14.9. The average Bonchev–Trinajstić information content (AvgIpc) is 2.41. The van der Waals surface area contributed by atoms with Gasteiger partial charge in [-0.25, -0.2) is 4.39 Å². The highest BCUT2D eigenvalue weighted by Gasteiger charge is 2.17. The van der Waals surface area contributed by atoms with Crippen LogP contribution in [0.3, 0.4) is 0 Å². The number of halogens is 2. The van der Waals surface area contributed by atoms with Crippen LogP contribution in [0.2, 0.25) is 0 Å². The molecule has 0 spiro atoms. The highest BCUT2D eigenvalue weighted by atomic mass is 79.9. The van der Waals surface area contributed by atoms with Crippen LogP contribution >= 0.6 is 15.9 Å². The van der Waals surface area contributed by atoms with Crippen molar-refractivity contribution in [1.29, 1.82) is 0 Å². The molecule has 0 bridgehead atoms. The smallest absolute Gasteiger partial charge is 0.129 e. The summed E-state index contributed by atoms with van der Waals surface area (Å²) < 4.78 is 14.8. The van der Waals surface area contributed by atoms with Gasteiger partial charge >= 0.3 is 0 Å². The van der Waals surface area contributed by atoms with E-state index in [4.69, 9.17) is 5.73 Å². The molecule has 1 aromatic carbocycles. The average molecular weight is 338 g/mol. The van der Waals surface area contributed by atoms with E-state index in [0.29, 0.717) is 17.7 Å². The Labute approximate surface area is 126 Å². The van der Waals surface area contributed by atoms with Gasteiger partial charge in [-0.15, -0.1) is 0 Å². The normalized spacial score (nSPS) is 12.3. The van der Waals surface area contributed by atoms with Crippen LogP contribution in [0.5, 0.6) is 0 Å². The minimum atomic E-state index is -0.229.